The van der Waals surface area contributed by atoms with Gasteiger partial charge in [0, 0.05) is 17.1 Å². The van der Waals surface area contributed by atoms with Gasteiger partial charge in [0.2, 0.25) is 0 Å². The largest absolute Gasteiger partial charge is 0.481 e. The number of aliphatic carboxylic acids is 1. The summed E-state index contributed by atoms with van der Waals surface area (Å²) in [5, 5.41) is 9.14. The smallest absolute Gasteiger partial charge is 0.307 e. The fourth-order valence-electron chi connectivity index (χ4n) is 1.21. The van der Waals surface area contributed by atoms with Gasteiger partial charge < -0.3 is 9.84 Å². The van der Waals surface area contributed by atoms with E-state index >= 15 is 0 Å². The Labute approximate surface area is 95.5 Å². The average molecular weight is 236 g/mol. The van der Waals surface area contributed by atoms with Crippen LogP contribution in [0.25, 0.3) is 0 Å². The number of nitrogens with zero attached hydrogens (tertiary/aromatic N) is 2. The summed E-state index contributed by atoms with van der Waals surface area (Å²) in [6.45, 7) is 0. The molecule has 2 aromatic rings. The predicted octanol–water partition coefficient (Wildman–Crippen LogP) is 1.96. The number of ether oxygens (including phenoxy) is 1. The highest BCUT2D eigenvalue weighted by molar-refractivity contribution is 7.07. The van der Waals surface area contributed by atoms with Gasteiger partial charge in [-0.25, -0.2) is 0 Å². The van der Waals surface area contributed by atoms with Crippen LogP contribution in [0.15, 0.2) is 30.6 Å². The van der Waals surface area contributed by atoms with Crippen LogP contribution in [0.5, 0.6) is 10.9 Å². The molecule has 0 amide bonds. The fraction of sp³-hybridized carbons (Fsp3) is 0.100. The van der Waals surface area contributed by atoms with E-state index in [2.05, 4.69) is 9.36 Å². The normalized spacial score (nSPS) is 10.0. The zero-order chi connectivity index (χ0) is 11.4. The van der Waals surface area contributed by atoms with Crippen molar-refractivity contribution in [2.45, 2.75) is 6.42 Å². The van der Waals surface area contributed by atoms with E-state index in [1.54, 1.807) is 24.3 Å². The zero-order valence-electron chi connectivity index (χ0n) is 8.16. The van der Waals surface area contributed by atoms with Crippen LogP contribution in [0.1, 0.15) is 5.56 Å². The molecule has 0 spiro atoms. The van der Waals surface area contributed by atoms with Crippen molar-refractivity contribution >= 4 is 17.5 Å². The van der Waals surface area contributed by atoms with Crippen molar-refractivity contribution in [1.29, 1.82) is 0 Å². The number of carboxylic acids is 1. The molecule has 1 aromatic heterocycles. The number of para-hydroxylation sites is 1. The molecule has 16 heavy (non-hydrogen) atoms. The van der Waals surface area contributed by atoms with Crippen molar-refractivity contribution in [2.75, 3.05) is 0 Å². The van der Waals surface area contributed by atoms with E-state index in [0.717, 1.165) is 11.5 Å². The Hall–Kier alpha value is -1.95. The molecule has 0 aliphatic rings. The Bertz CT molecular complexity index is 485. The van der Waals surface area contributed by atoms with Gasteiger partial charge >= 0.3 is 5.97 Å². The van der Waals surface area contributed by atoms with Gasteiger partial charge in [-0.1, -0.05) is 18.2 Å². The summed E-state index contributed by atoms with van der Waals surface area (Å²) in [6.07, 6.45) is 1.31. The molecule has 0 saturated carbocycles. The van der Waals surface area contributed by atoms with Crippen LogP contribution in [0, 0.1) is 0 Å². The Morgan fingerprint density at radius 3 is 2.94 bits per heavy atom. The van der Waals surface area contributed by atoms with Crippen molar-refractivity contribution in [2.24, 2.45) is 0 Å². The molecule has 0 fully saturated rings. The fourth-order valence-corrected chi connectivity index (χ4v) is 1.62. The molecule has 0 radical (unpaired) electrons. The molecule has 1 N–H and O–H groups in total. The first kappa shape index (κ1) is 10.6. The van der Waals surface area contributed by atoms with E-state index in [4.69, 9.17) is 9.84 Å². The lowest BCUT2D eigenvalue weighted by molar-refractivity contribution is -0.136. The van der Waals surface area contributed by atoms with E-state index in [9.17, 15) is 4.79 Å². The van der Waals surface area contributed by atoms with Crippen molar-refractivity contribution in [3.8, 4) is 10.9 Å². The van der Waals surface area contributed by atoms with Gasteiger partial charge in [-0.3, -0.25) is 4.79 Å². The summed E-state index contributed by atoms with van der Waals surface area (Å²) >= 11 is 1.11. The summed E-state index contributed by atoms with van der Waals surface area (Å²) in [7, 11) is 0. The maximum Gasteiger partial charge on any atom is 0.307 e. The van der Waals surface area contributed by atoms with Crippen LogP contribution in [0.2, 0.25) is 0 Å². The van der Waals surface area contributed by atoms with Crippen molar-refractivity contribution in [3.63, 3.8) is 0 Å². The second kappa shape index (κ2) is 4.71. The number of hydrogen-bond donors (Lipinski definition) is 1. The van der Waals surface area contributed by atoms with Crippen molar-refractivity contribution in [3.05, 3.63) is 36.2 Å². The summed E-state index contributed by atoms with van der Waals surface area (Å²) in [5.74, 6) is -0.394. The lowest BCUT2D eigenvalue weighted by atomic mass is 10.1. The molecule has 1 aromatic carbocycles. The number of carbonyl (C=O) groups is 1. The molecule has 0 atom stereocenters. The van der Waals surface area contributed by atoms with Crippen LogP contribution in [0.4, 0.5) is 0 Å². The minimum atomic E-state index is -0.895. The molecule has 5 nitrogen and oxygen atoms in total. The molecule has 6 heteroatoms. The second-order valence-corrected chi connectivity index (χ2v) is 3.73. The average Bonchev–Trinajstić information content (AvgIpc) is 2.73. The quantitative estimate of drug-likeness (QED) is 0.878. The minimum absolute atomic E-state index is 0.0744. The third kappa shape index (κ3) is 2.54. The van der Waals surface area contributed by atoms with Crippen LogP contribution in [0.3, 0.4) is 0 Å². The summed E-state index contributed by atoms with van der Waals surface area (Å²) in [6, 6.07) is 6.97. The van der Waals surface area contributed by atoms with E-state index < -0.39 is 5.97 Å². The molecular formula is C10H8N2O3S. The van der Waals surface area contributed by atoms with Crippen LogP contribution < -0.4 is 4.74 Å². The van der Waals surface area contributed by atoms with E-state index in [1.807, 2.05) is 0 Å². The van der Waals surface area contributed by atoms with Crippen LogP contribution in [-0.2, 0) is 11.2 Å². The standard InChI is InChI=1S/C10H8N2O3S/c13-9(14)5-7-3-1-2-4-8(7)15-10-11-6-12-16-10/h1-4,6H,5H2,(H,13,14). The topological polar surface area (TPSA) is 72.3 Å². The molecule has 0 aliphatic heterocycles. The van der Waals surface area contributed by atoms with Crippen LogP contribution >= 0.6 is 11.5 Å². The van der Waals surface area contributed by atoms with E-state index in [0.29, 0.717) is 16.5 Å². The molecule has 0 unspecified atom stereocenters. The highest BCUT2D eigenvalue weighted by atomic mass is 32.1. The monoisotopic (exact) mass is 236 g/mol. The van der Waals surface area contributed by atoms with Gasteiger partial charge in [-0.15, -0.1) is 0 Å². The molecule has 0 saturated heterocycles. The maximum atomic E-state index is 10.6. The minimum Gasteiger partial charge on any atom is -0.481 e. The maximum absolute atomic E-state index is 10.6. The second-order valence-electron chi connectivity index (χ2n) is 2.99. The van der Waals surface area contributed by atoms with Crippen molar-refractivity contribution in [1.82, 2.24) is 9.36 Å². The highest BCUT2D eigenvalue weighted by Crippen LogP contribution is 2.25. The highest BCUT2D eigenvalue weighted by Gasteiger charge is 2.09. The first-order chi connectivity index (χ1) is 7.75. The first-order valence-corrected chi connectivity index (χ1v) is 5.27. The van der Waals surface area contributed by atoms with Gasteiger partial charge in [0.1, 0.15) is 12.1 Å². The third-order valence-corrected chi connectivity index (χ3v) is 2.40. The molecular weight excluding hydrogens is 228 g/mol. The lowest BCUT2D eigenvalue weighted by Crippen LogP contribution is -2.01. The van der Waals surface area contributed by atoms with Gasteiger partial charge in [0.25, 0.3) is 5.19 Å². The van der Waals surface area contributed by atoms with Gasteiger partial charge in [0.05, 0.1) is 6.42 Å². The molecule has 0 bridgehead atoms. The molecule has 82 valence electrons. The summed E-state index contributed by atoms with van der Waals surface area (Å²) < 4.78 is 9.23. The van der Waals surface area contributed by atoms with Gasteiger partial charge in [-0.2, -0.15) is 9.36 Å². The van der Waals surface area contributed by atoms with Crippen molar-refractivity contribution < 1.29 is 14.6 Å². The number of aromatic nitrogens is 2. The van der Waals surface area contributed by atoms with Gasteiger partial charge in [-0.05, 0) is 6.07 Å². The number of benzene rings is 1. The Balaban J connectivity index is 2.22. The SMILES string of the molecule is O=C(O)Cc1ccccc1Oc1ncns1. The number of hydrogen-bond acceptors (Lipinski definition) is 5. The molecule has 0 aliphatic carbocycles. The third-order valence-electron chi connectivity index (χ3n) is 1.85. The van der Waals surface area contributed by atoms with E-state index in [-0.39, 0.29) is 6.42 Å². The molecule has 1 heterocycles. The number of carboxylic acid groups (broad SMARTS) is 1. The Morgan fingerprint density at radius 2 is 2.25 bits per heavy atom. The number of rotatable bonds is 4. The zero-order valence-corrected chi connectivity index (χ0v) is 8.98. The predicted molar refractivity (Wildman–Crippen MR) is 57.8 cm³/mol. The molecule has 2 rings (SSSR count). The first-order valence-electron chi connectivity index (χ1n) is 4.50. The Morgan fingerprint density at radius 1 is 1.44 bits per heavy atom. The lowest BCUT2D eigenvalue weighted by Gasteiger charge is -2.06. The van der Waals surface area contributed by atoms with E-state index in [1.165, 1.54) is 6.33 Å². The Kier molecular flexibility index (Phi) is 3.11. The van der Waals surface area contributed by atoms with Crippen LogP contribution in [-0.4, -0.2) is 20.4 Å². The summed E-state index contributed by atoms with van der Waals surface area (Å²) in [4.78, 5) is 14.5. The van der Waals surface area contributed by atoms with Gasteiger partial charge in [0.15, 0.2) is 0 Å². The summed E-state index contributed by atoms with van der Waals surface area (Å²) in [5.41, 5.74) is 0.616.